The largest absolute Gasteiger partial charge is 0.310 e. The summed E-state index contributed by atoms with van der Waals surface area (Å²) in [5, 5.41) is 4.96. The van der Waals surface area contributed by atoms with Crippen LogP contribution < -0.4 is 4.90 Å². The maximum absolute atomic E-state index is 2.44. The summed E-state index contributed by atoms with van der Waals surface area (Å²) in [4.78, 5) is 2.38. The lowest BCUT2D eigenvalue weighted by Gasteiger charge is -2.26. The highest BCUT2D eigenvalue weighted by Crippen LogP contribution is 2.45. The summed E-state index contributed by atoms with van der Waals surface area (Å²) in [5.74, 6) is 0. The maximum Gasteiger partial charge on any atom is 0.0625 e. The first-order valence-electron chi connectivity index (χ1n) is 20.6. The fourth-order valence-corrected chi connectivity index (χ4v) is 8.90. The van der Waals surface area contributed by atoms with Gasteiger partial charge in [0.2, 0.25) is 0 Å². The number of hydrogen-bond acceptors (Lipinski definition) is 1. The van der Waals surface area contributed by atoms with Crippen LogP contribution in [-0.4, -0.2) is 4.57 Å². The van der Waals surface area contributed by atoms with Gasteiger partial charge in [0.25, 0.3) is 0 Å². The first kappa shape index (κ1) is 35.2. The molecule has 0 aliphatic carbocycles. The number of para-hydroxylation sites is 2. The number of nitrogens with zero attached hydrogens (tertiary/aromatic N) is 2. The van der Waals surface area contributed by atoms with Crippen molar-refractivity contribution in [2.75, 3.05) is 4.90 Å². The third kappa shape index (κ3) is 6.32. The SMILES string of the molecule is c1ccc(-c2ccc(N(c3ccc(-c4ccc5ccccc5c4)cc3)c3cccc(-c4ccc(-c5ccccc5)c5c4c4ccccc4n5-c4ccccc4)c3)cc2)cc1. The van der Waals surface area contributed by atoms with Gasteiger partial charge in [-0.1, -0.05) is 182 Å². The van der Waals surface area contributed by atoms with Crippen LogP contribution in [0.25, 0.3) is 82.8 Å². The van der Waals surface area contributed by atoms with Gasteiger partial charge in [0.05, 0.1) is 11.0 Å². The van der Waals surface area contributed by atoms with Gasteiger partial charge < -0.3 is 9.47 Å². The fraction of sp³-hybridized carbons (Fsp3) is 0. The Kier molecular flexibility index (Phi) is 8.87. The van der Waals surface area contributed by atoms with Gasteiger partial charge in [-0.3, -0.25) is 0 Å². The number of hydrogen-bond donors (Lipinski definition) is 0. The second-order valence-electron chi connectivity index (χ2n) is 15.3. The highest BCUT2D eigenvalue weighted by Gasteiger charge is 2.21. The molecule has 0 N–H and O–H groups in total. The van der Waals surface area contributed by atoms with E-state index in [-0.39, 0.29) is 0 Å². The van der Waals surface area contributed by atoms with Crippen molar-refractivity contribution in [2.24, 2.45) is 0 Å². The van der Waals surface area contributed by atoms with Crippen LogP contribution in [0, 0.1) is 0 Å². The lowest BCUT2D eigenvalue weighted by atomic mass is 9.94. The molecule has 11 aromatic rings. The fourth-order valence-electron chi connectivity index (χ4n) is 8.90. The van der Waals surface area contributed by atoms with Crippen molar-refractivity contribution in [3.8, 4) is 50.2 Å². The Labute approximate surface area is 350 Å². The third-order valence-electron chi connectivity index (χ3n) is 11.8. The van der Waals surface area contributed by atoms with Crippen molar-refractivity contribution in [2.45, 2.75) is 0 Å². The van der Waals surface area contributed by atoms with Crippen molar-refractivity contribution in [1.82, 2.24) is 4.57 Å². The second-order valence-corrected chi connectivity index (χ2v) is 15.3. The van der Waals surface area contributed by atoms with Crippen molar-refractivity contribution >= 4 is 49.6 Å². The van der Waals surface area contributed by atoms with E-state index in [1.165, 1.54) is 71.5 Å². The summed E-state index contributed by atoms with van der Waals surface area (Å²) in [6.45, 7) is 0. The minimum atomic E-state index is 1.09. The summed E-state index contributed by atoms with van der Waals surface area (Å²) >= 11 is 0. The topological polar surface area (TPSA) is 8.17 Å². The monoisotopic (exact) mass is 764 g/mol. The Morgan fingerprint density at radius 1 is 0.300 bits per heavy atom. The van der Waals surface area contributed by atoms with Gasteiger partial charge in [0.1, 0.15) is 0 Å². The molecule has 0 atom stereocenters. The molecule has 1 aromatic heterocycles. The van der Waals surface area contributed by atoms with Gasteiger partial charge in [0.15, 0.2) is 0 Å². The minimum Gasteiger partial charge on any atom is -0.310 e. The normalized spacial score (nSPS) is 11.3. The maximum atomic E-state index is 2.44. The number of benzene rings is 10. The Balaban J connectivity index is 1.08. The highest BCUT2D eigenvalue weighted by molar-refractivity contribution is 6.19. The molecule has 282 valence electrons. The lowest BCUT2D eigenvalue weighted by molar-refractivity contribution is 1.18. The molecule has 10 aromatic carbocycles. The Morgan fingerprint density at radius 3 is 1.55 bits per heavy atom. The molecule has 1 heterocycles. The summed E-state index contributed by atoms with van der Waals surface area (Å²) in [5.41, 5.74) is 16.4. The van der Waals surface area contributed by atoms with Gasteiger partial charge in [0, 0.05) is 39.1 Å². The van der Waals surface area contributed by atoms with Crippen molar-refractivity contribution in [1.29, 1.82) is 0 Å². The lowest BCUT2D eigenvalue weighted by Crippen LogP contribution is -2.10. The molecule has 0 amide bonds. The van der Waals surface area contributed by atoms with Gasteiger partial charge in [-0.25, -0.2) is 0 Å². The van der Waals surface area contributed by atoms with Crippen LogP contribution in [0.15, 0.2) is 243 Å². The zero-order chi connectivity index (χ0) is 39.8. The Hall–Kier alpha value is -7.94. The van der Waals surface area contributed by atoms with E-state index in [1.807, 2.05) is 0 Å². The molecule has 0 radical (unpaired) electrons. The van der Waals surface area contributed by atoms with E-state index in [9.17, 15) is 0 Å². The third-order valence-corrected chi connectivity index (χ3v) is 11.8. The highest BCUT2D eigenvalue weighted by atomic mass is 15.1. The molecule has 2 nitrogen and oxygen atoms in total. The van der Waals surface area contributed by atoms with Crippen LogP contribution in [0.2, 0.25) is 0 Å². The number of rotatable bonds is 8. The van der Waals surface area contributed by atoms with E-state index < -0.39 is 0 Å². The second kappa shape index (κ2) is 15.1. The van der Waals surface area contributed by atoms with Crippen molar-refractivity contribution < 1.29 is 0 Å². The predicted octanol–water partition coefficient (Wildman–Crippen LogP) is 16.1. The molecule has 0 aliphatic heterocycles. The first-order valence-corrected chi connectivity index (χ1v) is 20.6. The van der Waals surface area contributed by atoms with E-state index in [4.69, 9.17) is 0 Å². The number of aromatic nitrogens is 1. The summed E-state index contributed by atoms with van der Waals surface area (Å²) < 4.78 is 2.44. The average molecular weight is 765 g/mol. The quantitative estimate of drug-likeness (QED) is 0.150. The predicted molar refractivity (Wildman–Crippen MR) is 255 cm³/mol. The van der Waals surface area contributed by atoms with Crippen molar-refractivity contribution in [3.63, 3.8) is 0 Å². The van der Waals surface area contributed by atoms with E-state index in [1.54, 1.807) is 0 Å². The van der Waals surface area contributed by atoms with Crippen LogP contribution in [0.3, 0.4) is 0 Å². The average Bonchev–Trinajstić information content (AvgIpc) is 3.68. The summed E-state index contributed by atoms with van der Waals surface area (Å²) in [6, 6.07) is 87.9. The minimum absolute atomic E-state index is 1.09. The molecule has 11 rings (SSSR count). The molecule has 0 unspecified atom stereocenters. The number of anilines is 3. The summed E-state index contributed by atoms with van der Waals surface area (Å²) in [7, 11) is 0. The van der Waals surface area contributed by atoms with Crippen LogP contribution in [0.5, 0.6) is 0 Å². The molecule has 0 saturated carbocycles. The van der Waals surface area contributed by atoms with Gasteiger partial charge in [-0.15, -0.1) is 0 Å². The molecule has 0 fully saturated rings. The zero-order valence-corrected chi connectivity index (χ0v) is 33.0. The molecule has 60 heavy (non-hydrogen) atoms. The number of fused-ring (bicyclic) bond motifs is 4. The van der Waals surface area contributed by atoms with Crippen LogP contribution >= 0.6 is 0 Å². The standard InChI is InChI=1S/C58H40N2/c1-4-15-41(16-5-1)43-29-33-50(34-30-43)59(51-35-31-44(32-36-51)47-28-27-42-17-10-11-20-46(42)39-47)52-24-14-21-48(40-52)53-37-38-54(45-18-6-2-7-19-45)58-57(53)55-25-12-13-26-56(55)60(58)49-22-8-3-9-23-49/h1-40H. The molecule has 0 bridgehead atoms. The molecule has 0 saturated heterocycles. The van der Waals surface area contributed by atoms with Crippen molar-refractivity contribution in [3.05, 3.63) is 243 Å². The van der Waals surface area contributed by atoms with Crippen LogP contribution in [-0.2, 0) is 0 Å². The van der Waals surface area contributed by atoms with E-state index in [0.717, 1.165) is 28.3 Å². The molecule has 0 spiro atoms. The summed E-state index contributed by atoms with van der Waals surface area (Å²) in [6.07, 6.45) is 0. The molecule has 0 aliphatic rings. The molecular formula is C58H40N2. The molecule has 2 heteroatoms. The Bertz CT molecular complexity index is 3270. The smallest absolute Gasteiger partial charge is 0.0625 e. The van der Waals surface area contributed by atoms with Crippen LogP contribution in [0.4, 0.5) is 17.1 Å². The van der Waals surface area contributed by atoms with Gasteiger partial charge in [-0.2, -0.15) is 0 Å². The zero-order valence-electron chi connectivity index (χ0n) is 33.0. The van der Waals surface area contributed by atoms with E-state index in [2.05, 4.69) is 252 Å². The first-order chi connectivity index (χ1) is 29.8. The van der Waals surface area contributed by atoms with E-state index >= 15 is 0 Å². The van der Waals surface area contributed by atoms with Gasteiger partial charge in [-0.05, 0) is 110 Å². The van der Waals surface area contributed by atoms with Gasteiger partial charge >= 0.3 is 0 Å². The Morgan fingerprint density at radius 2 is 0.833 bits per heavy atom. The molecular weight excluding hydrogens is 725 g/mol. The van der Waals surface area contributed by atoms with E-state index in [0.29, 0.717) is 0 Å². The van der Waals surface area contributed by atoms with Crippen LogP contribution in [0.1, 0.15) is 0 Å².